The van der Waals surface area contributed by atoms with Crippen LogP contribution >= 0.6 is 15.9 Å². The van der Waals surface area contributed by atoms with Crippen molar-refractivity contribution in [2.24, 2.45) is 0 Å². The van der Waals surface area contributed by atoms with Gasteiger partial charge in [0, 0.05) is 16.2 Å². The summed E-state index contributed by atoms with van der Waals surface area (Å²) in [5.41, 5.74) is 2.16. The minimum Gasteiger partial charge on any atom is -0.388 e. The highest BCUT2D eigenvalue weighted by Crippen LogP contribution is 2.31. The Balaban J connectivity index is 2.56. The normalized spacial score (nSPS) is 10.4. The summed E-state index contributed by atoms with van der Waals surface area (Å²) >= 11 is 3.39. The third-order valence-electron chi connectivity index (χ3n) is 2.32. The summed E-state index contributed by atoms with van der Waals surface area (Å²) in [5, 5.41) is 8.88. The number of aliphatic hydroxyl groups excluding tert-OH is 1. The van der Waals surface area contributed by atoms with Gasteiger partial charge in [-0.15, -0.1) is 0 Å². The lowest BCUT2D eigenvalue weighted by Crippen LogP contribution is -2.06. The van der Waals surface area contributed by atoms with Gasteiger partial charge in [0.25, 0.3) is 0 Å². The van der Waals surface area contributed by atoms with Crippen molar-refractivity contribution >= 4 is 21.7 Å². The van der Waals surface area contributed by atoms with Gasteiger partial charge in [0.15, 0.2) is 0 Å². The maximum atomic E-state index is 11.5. The summed E-state index contributed by atoms with van der Waals surface area (Å²) < 4.78 is 0.815. The van der Waals surface area contributed by atoms with E-state index in [1.165, 1.54) is 0 Å². The largest absolute Gasteiger partial charge is 0.388 e. The predicted octanol–water partition coefficient (Wildman–Crippen LogP) is 2.62. The Hall–Kier alpha value is -1.39. The highest BCUT2D eigenvalue weighted by molar-refractivity contribution is 9.10. The number of hydrogen-bond donors (Lipinski definition) is 2. The molecule has 0 saturated heterocycles. The molecule has 2 N–H and O–H groups in total. The first-order valence-electron chi connectivity index (χ1n) is 4.80. The zero-order valence-corrected chi connectivity index (χ0v) is 9.99. The van der Waals surface area contributed by atoms with Crippen molar-refractivity contribution in [3.8, 4) is 11.1 Å². The van der Waals surface area contributed by atoms with Gasteiger partial charge >= 0.3 is 0 Å². The number of aromatic amines is 1. The van der Waals surface area contributed by atoms with Gasteiger partial charge in [0.05, 0.1) is 5.69 Å². The van der Waals surface area contributed by atoms with Gasteiger partial charge in [-0.25, -0.2) is 0 Å². The molecule has 0 atom stereocenters. The van der Waals surface area contributed by atoms with Gasteiger partial charge < -0.3 is 10.1 Å². The average molecular weight is 280 g/mol. The van der Waals surface area contributed by atoms with Crippen LogP contribution in [0.1, 0.15) is 10.5 Å². The van der Waals surface area contributed by atoms with E-state index in [9.17, 15) is 4.79 Å². The van der Waals surface area contributed by atoms with E-state index in [1.54, 1.807) is 6.20 Å². The van der Waals surface area contributed by atoms with Crippen molar-refractivity contribution in [2.45, 2.75) is 0 Å². The first-order valence-corrected chi connectivity index (χ1v) is 5.59. The SMILES string of the molecule is O=C(CO)c1[nH]cc(Br)c1-c1ccccc1. The topological polar surface area (TPSA) is 53.1 Å². The Morgan fingerprint density at radius 1 is 1.31 bits per heavy atom. The predicted molar refractivity (Wildman–Crippen MR) is 65.3 cm³/mol. The van der Waals surface area contributed by atoms with E-state index < -0.39 is 6.61 Å². The van der Waals surface area contributed by atoms with Gasteiger partial charge in [-0.3, -0.25) is 4.79 Å². The van der Waals surface area contributed by atoms with Crippen LogP contribution < -0.4 is 0 Å². The van der Waals surface area contributed by atoms with E-state index in [-0.39, 0.29) is 5.78 Å². The van der Waals surface area contributed by atoms with E-state index in [4.69, 9.17) is 5.11 Å². The minimum absolute atomic E-state index is 0.315. The molecule has 0 bridgehead atoms. The minimum atomic E-state index is -0.493. The molecule has 0 spiro atoms. The Bertz CT molecular complexity index is 505. The van der Waals surface area contributed by atoms with Crippen LogP contribution in [0, 0.1) is 0 Å². The lowest BCUT2D eigenvalue weighted by atomic mass is 10.0. The van der Waals surface area contributed by atoms with Crippen LogP contribution in [0.25, 0.3) is 11.1 Å². The van der Waals surface area contributed by atoms with Crippen molar-refractivity contribution in [1.29, 1.82) is 0 Å². The zero-order chi connectivity index (χ0) is 11.5. The number of carbonyl (C=O) groups excluding carboxylic acids is 1. The standard InChI is InChI=1S/C12H10BrNO2/c13-9-6-14-12(10(16)7-15)11(9)8-4-2-1-3-5-8/h1-6,14-15H,7H2. The molecule has 0 saturated carbocycles. The lowest BCUT2D eigenvalue weighted by Gasteiger charge is -2.03. The van der Waals surface area contributed by atoms with Crippen LogP contribution in [0.5, 0.6) is 0 Å². The number of aromatic nitrogens is 1. The van der Waals surface area contributed by atoms with Crippen molar-refractivity contribution < 1.29 is 9.90 Å². The first kappa shape index (κ1) is 11.1. The molecule has 1 heterocycles. The van der Waals surface area contributed by atoms with Crippen molar-refractivity contribution in [2.75, 3.05) is 6.61 Å². The summed E-state index contributed by atoms with van der Waals surface area (Å²) in [5.74, 6) is -0.315. The van der Waals surface area contributed by atoms with Crippen LogP contribution in [-0.2, 0) is 0 Å². The second kappa shape index (κ2) is 4.63. The fourth-order valence-corrected chi connectivity index (χ4v) is 2.13. The van der Waals surface area contributed by atoms with Crippen molar-refractivity contribution in [3.63, 3.8) is 0 Å². The van der Waals surface area contributed by atoms with Gasteiger partial charge in [0.2, 0.25) is 5.78 Å². The second-order valence-electron chi connectivity index (χ2n) is 3.33. The monoisotopic (exact) mass is 279 g/mol. The number of benzene rings is 1. The third-order valence-corrected chi connectivity index (χ3v) is 2.94. The number of aliphatic hydroxyl groups is 1. The Labute approximate surface area is 101 Å². The molecule has 0 aliphatic heterocycles. The fourth-order valence-electron chi connectivity index (χ4n) is 1.59. The molecular formula is C12H10BrNO2. The Morgan fingerprint density at radius 3 is 2.62 bits per heavy atom. The number of nitrogens with one attached hydrogen (secondary N) is 1. The zero-order valence-electron chi connectivity index (χ0n) is 8.40. The van der Waals surface area contributed by atoms with Crippen LogP contribution in [0.15, 0.2) is 41.0 Å². The van der Waals surface area contributed by atoms with Crippen molar-refractivity contribution in [3.05, 3.63) is 46.7 Å². The van der Waals surface area contributed by atoms with Gasteiger partial charge in [0.1, 0.15) is 6.61 Å². The Kier molecular flexibility index (Phi) is 3.22. The van der Waals surface area contributed by atoms with Gasteiger partial charge in [-0.2, -0.15) is 0 Å². The summed E-state index contributed by atoms with van der Waals surface area (Å²) in [4.78, 5) is 14.4. The molecule has 0 amide bonds. The lowest BCUT2D eigenvalue weighted by molar-refractivity contribution is 0.0900. The van der Waals surface area contributed by atoms with Crippen molar-refractivity contribution in [1.82, 2.24) is 4.98 Å². The molecule has 0 radical (unpaired) electrons. The third kappa shape index (κ3) is 1.94. The van der Waals surface area contributed by atoms with E-state index in [0.717, 1.165) is 15.6 Å². The van der Waals surface area contributed by atoms with Crippen LogP contribution in [-0.4, -0.2) is 22.5 Å². The molecule has 4 heteroatoms. The molecule has 1 aromatic heterocycles. The van der Waals surface area contributed by atoms with E-state index in [2.05, 4.69) is 20.9 Å². The first-order chi connectivity index (χ1) is 7.74. The number of carbonyl (C=O) groups is 1. The smallest absolute Gasteiger partial charge is 0.204 e. The summed E-state index contributed by atoms with van der Waals surface area (Å²) in [6.07, 6.45) is 1.70. The summed E-state index contributed by atoms with van der Waals surface area (Å²) in [7, 11) is 0. The average Bonchev–Trinajstić information content (AvgIpc) is 2.71. The molecule has 0 aliphatic carbocycles. The maximum absolute atomic E-state index is 11.5. The molecule has 82 valence electrons. The molecular weight excluding hydrogens is 270 g/mol. The Morgan fingerprint density at radius 2 is 2.00 bits per heavy atom. The molecule has 3 nitrogen and oxygen atoms in total. The summed E-state index contributed by atoms with van der Waals surface area (Å²) in [6.45, 7) is -0.493. The number of Topliss-reactive ketones (excluding diaryl/α,β-unsaturated/α-hetero) is 1. The fraction of sp³-hybridized carbons (Fsp3) is 0.0833. The number of hydrogen-bond acceptors (Lipinski definition) is 2. The number of ketones is 1. The molecule has 2 aromatic rings. The molecule has 0 aliphatic rings. The van der Waals surface area contributed by atoms with Crippen LogP contribution in [0.2, 0.25) is 0 Å². The molecule has 1 aromatic carbocycles. The van der Waals surface area contributed by atoms with Crippen LogP contribution in [0.4, 0.5) is 0 Å². The van der Waals surface area contributed by atoms with E-state index in [0.29, 0.717) is 5.69 Å². The van der Waals surface area contributed by atoms with E-state index >= 15 is 0 Å². The maximum Gasteiger partial charge on any atom is 0.204 e. The number of H-pyrrole nitrogens is 1. The second-order valence-corrected chi connectivity index (χ2v) is 4.19. The quantitative estimate of drug-likeness (QED) is 0.849. The highest BCUT2D eigenvalue weighted by atomic mass is 79.9. The summed E-state index contributed by atoms with van der Waals surface area (Å²) in [6, 6.07) is 9.56. The van der Waals surface area contributed by atoms with Crippen LogP contribution in [0.3, 0.4) is 0 Å². The molecule has 0 unspecified atom stereocenters. The van der Waals surface area contributed by atoms with Gasteiger partial charge in [-0.05, 0) is 21.5 Å². The molecule has 0 fully saturated rings. The van der Waals surface area contributed by atoms with E-state index in [1.807, 2.05) is 30.3 Å². The number of halogens is 1. The van der Waals surface area contributed by atoms with Gasteiger partial charge in [-0.1, -0.05) is 30.3 Å². The highest BCUT2D eigenvalue weighted by Gasteiger charge is 2.16. The molecule has 16 heavy (non-hydrogen) atoms. The number of rotatable bonds is 3. The molecule has 2 rings (SSSR count).